The Kier molecular flexibility index (Phi) is 11.7. The largest absolute Gasteiger partial charge is 0.469 e. The van der Waals surface area contributed by atoms with Crippen LogP contribution >= 0.6 is 24.0 Å². The number of aliphatic hydroxyl groups is 1. The van der Waals surface area contributed by atoms with Gasteiger partial charge in [-0.1, -0.05) is 30.3 Å². The molecule has 0 unspecified atom stereocenters. The predicted octanol–water partition coefficient (Wildman–Crippen LogP) is 2.18. The number of nitrogens with one attached hydrogen (secondary N) is 2. The first-order valence-electron chi connectivity index (χ1n) is 8.15. The summed E-state index contributed by atoms with van der Waals surface area (Å²) < 4.78 is 10.6. The zero-order valence-electron chi connectivity index (χ0n) is 14.2. The molecule has 0 aliphatic heterocycles. The molecule has 1 heterocycles. The number of furan rings is 1. The zero-order valence-corrected chi connectivity index (χ0v) is 16.5. The summed E-state index contributed by atoms with van der Waals surface area (Å²) >= 11 is 0. The Bertz CT molecular complexity index is 577. The standard InChI is InChI=1S/C18H25N3O3.HI/c22-11-14-23-13-10-20-18(19-9-8-17-7-4-12-24-17)21-15-16-5-2-1-3-6-16;/h1-7,12,22H,8-11,13-15H2,(H2,19,20,21);1H. The first-order valence-corrected chi connectivity index (χ1v) is 8.15. The Morgan fingerprint density at radius 2 is 1.84 bits per heavy atom. The van der Waals surface area contributed by atoms with Gasteiger partial charge in [-0.05, 0) is 17.7 Å². The SMILES string of the molecule is I.OCCOCCNC(=NCc1ccccc1)NCCc1ccco1. The third kappa shape index (κ3) is 9.47. The molecule has 0 radical (unpaired) electrons. The molecule has 1 aromatic heterocycles. The van der Waals surface area contributed by atoms with Crippen LogP contribution in [-0.2, 0) is 17.7 Å². The van der Waals surface area contributed by atoms with E-state index in [1.807, 2.05) is 42.5 Å². The maximum atomic E-state index is 8.70. The van der Waals surface area contributed by atoms with Crippen LogP contribution in [0.4, 0.5) is 0 Å². The highest BCUT2D eigenvalue weighted by molar-refractivity contribution is 14.0. The van der Waals surface area contributed by atoms with Crippen molar-refractivity contribution in [2.45, 2.75) is 13.0 Å². The molecule has 0 saturated heterocycles. The maximum Gasteiger partial charge on any atom is 0.191 e. The van der Waals surface area contributed by atoms with Gasteiger partial charge in [-0.3, -0.25) is 0 Å². The number of aliphatic hydroxyl groups excluding tert-OH is 1. The monoisotopic (exact) mass is 459 g/mol. The minimum Gasteiger partial charge on any atom is -0.469 e. The summed E-state index contributed by atoms with van der Waals surface area (Å²) in [7, 11) is 0. The van der Waals surface area contributed by atoms with Crippen LogP contribution in [0, 0.1) is 0 Å². The number of benzene rings is 1. The minimum absolute atomic E-state index is 0. The van der Waals surface area contributed by atoms with Crippen LogP contribution in [0.1, 0.15) is 11.3 Å². The smallest absolute Gasteiger partial charge is 0.191 e. The molecule has 0 amide bonds. The average molecular weight is 459 g/mol. The van der Waals surface area contributed by atoms with Crippen molar-refractivity contribution in [3.05, 3.63) is 60.1 Å². The second-order valence-electron chi connectivity index (χ2n) is 5.17. The van der Waals surface area contributed by atoms with E-state index in [0.717, 1.165) is 30.2 Å². The normalized spacial score (nSPS) is 11.0. The molecule has 0 spiro atoms. The lowest BCUT2D eigenvalue weighted by Crippen LogP contribution is -2.40. The number of ether oxygens (including phenoxy) is 1. The van der Waals surface area contributed by atoms with Crippen LogP contribution < -0.4 is 10.6 Å². The van der Waals surface area contributed by atoms with E-state index in [2.05, 4.69) is 15.6 Å². The molecule has 0 atom stereocenters. The third-order valence-corrected chi connectivity index (χ3v) is 3.28. The van der Waals surface area contributed by atoms with Gasteiger partial charge in [0.1, 0.15) is 5.76 Å². The lowest BCUT2D eigenvalue weighted by Gasteiger charge is -2.12. The van der Waals surface area contributed by atoms with E-state index in [4.69, 9.17) is 14.3 Å². The minimum atomic E-state index is 0. The molecule has 6 nitrogen and oxygen atoms in total. The average Bonchev–Trinajstić information content (AvgIpc) is 3.13. The maximum absolute atomic E-state index is 8.70. The molecule has 2 rings (SSSR count). The fourth-order valence-electron chi connectivity index (χ4n) is 2.10. The molecule has 7 heteroatoms. The number of nitrogens with zero attached hydrogens (tertiary/aromatic N) is 1. The van der Waals surface area contributed by atoms with E-state index < -0.39 is 0 Å². The van der Waals surface area contributed by atoms with E-state index in [0.29, 0.717) is 26.3 Å². The van der Waals surface area contributed by atoms with Gasteiger partial charge >= 0.3 is 0 Å². The van der Waals surface area contributed by atoms with Crippen molar-refractivity contribution >= 4 is 29.9 Å². The molecule has 0 aliphatic rings. The number of aliphatic imine (C=N–C) groups is 1. The Morgan fingerprint density at radius 3 is 2.56 bits per heavy atom. The van der Waals surface area contributed by atoms with Crippen molar-refractivity contribution in [1.29, 1.82) is 0 Å². The Balaban J connectivity index is 0.00000312. The van der Waals surface area contributed by atoms with Crippen LogP contribution in [-0.4, -0.2) is 44.0 Å². The molecule has 0 saturated carbocycles. The van der Waals surface area contributed by atoms with Gasteiger partial charge in [-0.2, -0.15) is 0 Å². The molecule has 1 aromatic carbocycles. The highest BCUT2D eigenvalue weighted by Gasteiger charge is 2.01. The number of rotatable bonds is 10. The van der Waals surface area contributed by atoms with Gasteiger partial charge in [0.15, 0.2) is 5.96 Å². The van der Waals surface area contributed by atoms with Crippen molar-refractivity contribution < 1.29 is 14.3 Å². The van der Waals surface area contributed by atoms with Crippen molar-refractivity contribution in [2.75, 3.05) is 32.9 Å². The van der Waals surface area contributed by atoms with Crippen LogP contribution in [0.25, 0.3) is 0 Å². The van der Waals surface area contributed by atoms with Crippen LogP contribution in [0.15, 0.2) is 58.1 Å². The van der Waals surface area contributed by atoms with E-state index in [1.54, 1.807) is 6.26 Å². The zero-order chi connectivity index (χ0) is 16.9. The number of halogens is 1. The van der Waals surface area contributed by atoms with Gasteiger partial charge < -0.3 is 24.9 Å². The molecule has 0 fully saturated rings. The molecule has 0 aliphatic carbocycles. The summed E-state index contributed by atoms with van der Waals surface area (Å²) in [6.45, 7) is 2.87. The van der Waals surface area contributed by atoms with E-state index in [9.17, 15) is 0 Å². The van der Waals surface area contributed by atoms with E-state index in [-0.39, 0.29) is 30.6 Å². The third-order valence-electron chi connectivity index (χ3n) is 3.28. The Morgan fingerprint density at radius 1 is 1.04 bits per heavy atom. The molecular weight excluding hydrogens is 433 g/mol. The topological polar surface area (TPSA) is 79.0 Å². The highest BCUT2D eigenvalue weighted by atomic mass is 127. The summed E-state index contributed by atoms with van der Waals surface area (Å²) in [5.74, 6) is 1.68. The van der Waals surface area contributed by atoms with Crippen molar-refractivity contribution in [1.82, 2.24) is 10.6 Å². The molecular formula is C18H26IN3O3. The summed E-state index contributed by atoms with van der Waals surface area (Å²) in [4.78, 5) is 4.59. The van der Waals surface area contributed by atoms with Gasteiger partial charge in [0.25, 0.3) is 0 Å². The Hall–Kier alpha value is -1.58. The fourth-order valence-corrected chi connectivity index (χ4v) is 2.10. The second kappa shape index (κ2) is 13.7. The lowest BCUT2D eigenvalue weighted by atomic mass is 10.2. The summed E-state index contributed by atoms with van der Waals surface area (Å²) in [5, 5.41) is 15.2. The van der Waals surface area contributed by atoms with Crippen molar-refractivity contribution in [3.8, 4) is 0 Å². The molecule has 0 bridgehead atoms. The number of hydrogen-bond donors (Lipinski definition) is 3. The predicted molar refractivity (Wildman–Crippen MR) is 109 cm³/mol. The first-order chi connectivity index (χ1) is 11.9. The van der Waals surface area contributed by atoms with Crippen LogP contribution in [0.5, 0.6) is 0 Å². The van der Waals surface area contributed by atoms with Crippen molar-refractivity contribution in [3.63, 3.8) is 0 Å². The fraction of sp³-hybridized carbons (Fsp3) is 0.389. The summed E-state index contributed by atoms with van der Waals surface area (Å²) in [6, 6.07) is 13.9. The lowest BCUT2D eigenvalue weighted by molar-refractivity contribution is 0.0957. The van der Waals surface area contributed by atoms with Crippen LogP contribution in [0.3, 0.4) is 0 Å². The first kappa shape index (κ1) is 21.5. The van der Waals surface area contributed by atoms with Crippen molar-refractivity contribution in [2.24, 2.45) is 4.99 Å². The van der Waals surface area contributed by atoms with Gasteiger partial charge in [0.2, 0.25) is 0 Å². The van der Waals surface area contributed by atoms with E-state index in [1.165, 1.54) is 0 Å². The van der Waals surface area contributed by atoms with Crippen LogP contribution in [0.2, 0.25) is 0 Å². The van der Waals surface area contributed by atoms with Gasteiger partial charge in [0, 0.05) is 19.5 Å². The number of guanidine groups is 1. The van der Waals surface area contributed by atoms with Gasteiger partial charge in [-0.25, -0.2) is 4.99 Å². The van der Waals surface area contributed by atoms with Gasteiger partial charge in [0.05, 0.1) is 32.6 Å². The molecule has 2 aromatic rings. The van der Waals surface area contributed by atoms with E-state index >= 15 is 0 Å². The Labute approximate surface area is 165 Å². The number of hydrogen-bond acceptors (Lipinski definition) is 4. The van der Waals surface area contributed by atoms with Gasteiger partial charge in [-0.15, -0.1) is 24.0 Å². The highest BCUT2D eigenvalue weighted by Crippen LogP contribution is 2.01. The molecule has 138 valence electrons. The summed E-state index contributed by atoms with van der Waals surface area (Å²) in [6.07, 6.45) is 2.47. The second-order valence-corrected chi connectivity index (χ2v) is 5.17. The molecule has 25 heavy (non-hydrogen) atoms. The quantitative estimate of drug-likeness (QED) is 0.220. The summed E-state index contributed by atoms with van der Waals surface area (Å²) in [5.41, 5.74) is 1.15. The molecule has 3 N–H and O–H groups in total.